The molecule has 0 fully saturated rings. The van der Waals surface area contributed by atoms with Crippen molar-refractivity contribution in [2.45, 2.75) is 12.3 Å². The molecule has 0 unspecified atom stereocenters. The molecule has 0 radical (unpaired) electrons. The minimum atomic E-state index is -0.395. The largest absolute Gasteiger partial charge is 0.449 e. The van der Waals surface area contributed by atoms with Crippen LogP contribution in [0.25, 0.3) is 17.2 Å². The van der Waals surface area contributed by atoms with Gasteiger partial charge in [0.1, 0.15) is 6.61 Å². The zero-order valence-electron chi connectivity index (χ0n) is 16.5. The summed E-state index contributed by atoms with van der Waals surface area (Å²) in [6, 6.07) is 22.4. The van der Waals surface area contributed by atoms with E-state index in [0.717, 1.165) is 10.0 Å². The van der Waals surface area contributed by atoms with E-state index in [2.05, 4.69) is 45.5 Å². The Bertz CT molecular complexity index is 1050. The van der Waals surface area contributed by atoms with Crippen molar-refractivity contribution < 1.29 is 9.53 Å². The van der Waals surface area contributed by atoms with Crippen molar-refractivity contribution in [3.63, 3.8) is 0 Å². The average molecular weight is 463 g/mol. The van der Waals surface area contributed by atoms with Crippen molar-refractivity contribution in [2.24, 2.45) is 0 Å². The van der Waals surface area contributed by atoms with E-state index in [1.54, 1.807) is 0 Å². The molecule has 30 heavy (non-hydrogen) atoms. The Balaban J connectivity index is 1.28. The molecule has 0 saturated carbocycles. The number of amides is 1. The van der Waals surface area contributed by atoms with Gasteiger partial charge in [-0.1, -0.05) is 82.7 Å². The molecule has 0 atom stereocenters. The third-order valence-corrected chi connectivity index (χ3v) is 5.76. The number of halogens is 1. The Morgan fingerprint density at radius 1 is 1.03 bits per heavy atom. The number of carbonyl (C=O) groups excluding carboxylic acids is 1. The van der Waals surface area contributed by atoms with Crippen molar-refractivity contribution in [1.29, 1.82) is 0 Å². The topological polar surface area (TPSA) is 64.3 Å². The maximum Gasteiger partial charge on any atom is 0.407 e. The summed E-state index contributed by atoms with van der Waals surface area (Å²) in [7, 11) is 0. The Morgan fingerprint density at radius 3 is 2.37 bits per heavy atom. The van der Waals surface area contributed by atoms with Crippen LogP contribution in [0.3, 0.4) is 0 Å². The fourth-order valence-corrected chi connectivity index (χ4v) is 4.19. The molecule has 0 saturated heterocycles. The van der Waals surface area contributed by atoms with Crippen LogP contribution in [0.15, 0.2) is 77.3 Å². The first-order valence-electron chi connectivity index (χ1n) is 9.94. The number of anilines is 1. The quantitative estimate of drug-likeness (QED) is 0.350. The molecule has 3 aromatic carbocycles. The van der Waals surface area contributed by atoms with Crippen molar-refractivity contribution in [1.82, 2.24) is 5.32 Å². The number of fused-ring (bicyclic) bond motifs is 3. The minimum Gasteiger partial charge on any atom is -0.449 e. The van der Waals surface area contributed by atoms with Crippen molar-refractivity contribution in [3.05, 3.63) is 94.0 Å². The van der Waals surface area contributed by atoms with E-state index in [0.29, 0.717) is 25.3 Å². The predicted octanol–water partition coefficient (Wildman–Crippen LogP) is 5.97. The lowest BCUT2D eigenvalue weighted by Gasteiger charge is -2.14. The van der Waals surface area contributed by atoms with Gasteiger partial charge in [0.15, 0.2) is 0 Å². The van der Waals surface area contributed by atoms with E-state index in [1.165, 1.54) is 22.3 Å². The summed E-state index contributed by atoms with van der Waals surface area (Å²) in [5.41, 5.74) is 12.5. The zero-order chi connectivity index (χ0) is 20.9. The van der Waals surface area contributed by atoms with Gasteiger partial charge < -0.3 is 15.8 Å². The first-order chi connectivity index (χ1) is 14.6. The van der Waals surface area contributed by atoms with Crippen LogP contribution in [0.2, 0.25) is 0 Å². The van der Waals surface area contributed by atoms with Gasteiger partial charge >= 0.3 is 6.09 Å². The fraction of sp³-hybridized carbons (Fsp3) is 0.160. The number of ether oxygens (including phenoxy) is 1. The van der Waals surface area contributed by atoms with Crippen molar-refractivity contribution in [3.8, 4) is 11.1 Å². The molecule has 152 valence electrons. The monoisotopic (exact) mass is 462 g/mol. The van der Waals surface area contributed by atoms with E-state index < -0.39 is 6.09 Å². The standard InChI is InChI=1S/C25H23BrN2O2/c26-18-13-12-17(24(27)15-18)7-5-6-14-28-25(29)30-16-23-21-10-3-1-8-19(21)20-9-2-4-11-22(20)23/h1-5,7-13,15,23H,6,14,16,27H2,(H,28,29). The Labute approximate surface area is 184 Å². The molecule has 4 rings (SSSR count). The number of nitrogen functional groups attached to an aromatic ring is 1. The first-order valence-corrected chi connectivity index (χ1v) is 10.7. The molecule has 1 amide bonds. The molecule has 0 bridgehead atoms. The predicted molar refractivity (Wildman–Crippen MR) is 125 cm³/mol. The summed E-state index contributed by atoms with van der Waals surface area (Å²) in [6.45, 7) is 0.828. The highest BCUT2D eigenvalue weighted by molar-refractivity contribution is 9.10. The van der Waals surface area contributed by atoms with Crippen LogP contribution in [-0.2, 0) is 4.74 Å². The molecule has 0 heterocycles. The molecule has 0 aromatic heterocycles. The third-order valence-electron chi connectivity index (χ3n) is 5.27. The van der Waals surface area contributed by atoms with Gasteiger partial charge in [-0.3, -0.25) is 0 Å². The number of alkyl carbamates (subject to hydrolysis) is 1. The number of carbonyl (C=O) groups is 1. The Kier molecular flexibility index (Phi) is 6.19. The van der Waals surface area contributed by atoms with Crippen LogP contribution in [0.1, 0.15) is 29.0 Å². The number of benzene rings is 3. The van der Waals surface area contributed by atoms with Gasteiger partial charge in [0.2, 0.25) is 0 Å². The molecule has 0 aliphatic heterocycles. The summed E-state index contributed by atoms with van der Waals surface area (Å²) < 4.78 is 6.49. The molecule has 0 spiro atoms. The van der Waals surface area contributed by atoms with E-state index in [-0.39, 0.29) is 5.92 Å². The Morgan fingerprint density at radius 2 is 1.70 bits per heavy atom. The summed E-state index contributed by atoms with van der Waals surface area (Å²) in [4.78, 5) is 12.2. The number of nitrogens with one attached hydrogen (secondary N) is 1. The highest BCUT2D eigenvalue weighted by Crippen LogP contribution is 2.44. The van der Waals surface area contributed by atoms with Crippen LogP contribution in [0.5, 0.6) is 0 Å². The first kappa shape index (κ1) is 20.2. The normalized spacial score (nSPS) is 12.6. The third kappa shape index (κ3) is 4.41. The molecule has 1 aliphatic carbocycles. The molecule has 1 aliphatic rings. The number of rotatable bonds is 6. The SMILES string of the molecule is Nc1cc(Br)ccc1C=CCCNC(=O)OCC1c2ccccc2-c2ccccc21. The van der Waals surface area contributed by atoms with Crippen LogP contribution < -0.4 is 11.1 Å². The average Bonchev–Trinajstić information content (AvgIpc) is 3.07. The van der Waals surface area contributed by atoms with Crippen molar-refractivity contribution >= 4 is 33.8 Å². The maximum absolute atomic E-state index is 12.2. The molecular formula is C25H23BrN2O2. The lowest BCUT2D eigenvalue weighted by Crippen LogP contribution is -2.26. The minimum absolute atomic E-state index is 0.0726. The summed E-state index contributed by atoms with van der Waals surface area (Å²) >= 11 is 3.40. The van der Waals surface area contributed by atoms with E-state index in [1.807, 2.05) is 54.6 Å². The zero-order valence-corrected chi connectivity index (χ0v) is 18.1. The highest BCUT2D eigenvalue weighted by atomic mass is 79.9. The molecular weight excluding hydrogens is 440 g/mol. The second kappa shape index (κ2) is 9.18. The van der Waals surface area contributed by atoms with Gasteiger partial charge in [0.05, 0.1) is 0 Å². The summed E-state index contributed by atoms with van der Waals surface area (Å²) in [5, 5.41) is 2.81. The molecule has 4 nitrogen and oxygen atoms in total. The number of hydrogen-bond acceptors (Lipinski definition) is 3. The molecule has 3 N–H and O–H groups in total. The van der Waals surface area contributed by atoms with Crippen LogP contribution in [0.4, 0.5) is 10.5 Å². The second-order valence-electron chi connectivity index (χ2n) is 7.22. The second-order valence-corrected chi connectivity index (χ2v) is 8.13. The maximum atomic E-state index is 12.2. The van der Waals surface area contributed by atoms with Crippen LogP contribution in [0, 0.1) is 0 Å². The van der Waals surface area contributed by atoms with E-state index in [9.17, 15) is 4.79 Å². The fourth-order valence-electron chi connectivity index (χ4n) is 3.81. The highest BCUT2D eigenvalue weighted by Gasteiger charge is 2.28. The molecule has 3 aromatic rings. The number of nitrogens with two attached hydrogens (primary N) is 1. The lowest BCUT2D eigenvalue weighted by molar-refractivity contribution is 0.143. The van der Waals surface area contributed by atoms with Crippen molar-refractivity contribution in [2.75, 3.05) is 18.9 Å². The van der Waals surface area contributed by atoms with Crippen LogP contribution >= 0.6 is 15.9 Å². The lowest BCUT2D eigenvalue weighted by atomic mass is 9.98. The van der Waals surface area contributed by atoms with Gasteiger partial charge in [0, 0.05) is 22.6 Å². The van der Waals surface area contributed by atoms with E-state index >= 15 is 0 Å². The molecule has 5 heteroatoms. The summed E-state index contributed by atoms with van der Waals surface area (Å²) in [6.07, 6.45) is 4.25. The van der Waals surface area contributed by atoms with Gasteiger partial charge in [-0.2, -0.15) is 0 Å². The summed E-state index contributed by atoms with van der Waals surface area (Å²) in [5.74, 6) is 0.0726. The van der Waals surface area contributed by atoms with Gasteiger partial charge in [-0.15, -0.1) is 0 Å². The number of hydrogen-bond donors (Lipinski definition) is 2. The van der Waals surface area contributed by atoms with Crippen LogP contribution in [-0.4, -0.2) is 19.2 Å². The van der Waals surface area contributed by atoms with E-state index in [4.69, 9.17) is 10.5 Å². The Hall–Kier alpha value is -3.05. The van der Waals surface area contributed by atoms with Gasteiger partial charge in [-0.05, 0) is 46.4 Å². The van der Waals surface area contributed by atoms with Gasteiger partial charge in [-0.25, -0.2) is 4.79 Å². The smallest absolute Gasteiger partial charge is 0.407 e. The van der Waals surface area contributed by atoms with Gasteiger partial charge in [0.25, 0.3) is 0 Å².